The Balaban J connectivity index is 1.55. The zero-order chi connectivity index (χ0) is 23.7. The SMILES string of the molecule is CCC(CCC1c2[nH]c3ccccc3c2CCN1C(=O)c1ccco1)(c1ccccc1)N(C)C. The van der Waals surface area contributed by atoms with E-state index >= 15 is 0 Å². The van der Waals surface area contributed by atoms with Crippen molar-refractivity contribution in [3.05, 3.63) is 95.6 Å². The van der Waals surface area contributed by atoms with E-state index in [-0.39, 0.29) is 17.5 Å². The van der Waals surface area contributed by atoms with E-state index in [1.807, 2.05) is 4.90 Å². The minimum absolute atomic E-state index is 0.0361. The van der Waals surface area contributed by atoms with Crippen LogP contribution < -0.4 is 0 Å². The molecular formula is C29H33N3O2. The third kappa shape index (κ3) is 3.74. The standard InChI is InChI=1S/C29H33N3O2/c1-4-29(31(2)3,21-11-6-5-7-12-21)18-16-25-27-23(22-13-8-9-14-24(22)30-27)17-19-32(25)28(33)26-15-10-20-34-26/h5-15,20,25,30H,4,16-19H2,1-3H3. The second-order valence-corrected chi connectivity index (χ2v) is 9.49. The molecule has 1 aliphatic rings. The van der Waals surface area contributed by atoms with Gasteiger partial charge in [-0.05, 0) is 69.1 Å². The summed E-state index contributed by atoms with van der Waals surface area (Å²) in [6, 6.07) is 22.7. The summed E-state index contributed by atoms with van der Waals surface area (Å²) >= 11 is 0. The number of carbonyl (C=O) groups excluding carboxylic acids is 1. The number of rotatable bonds is 7. The predicted molar refractivity (Wildman–Crippen MR) is 136 cm³/mol. The van der Waals surface area contributed by atoms with Gasteiger partial charge in [0.25, 0.3) is 5.91 Å². The van der Waals surface area contributed by atoms with Crippen molar-refractivity contribution in [1.29, 1.82) is 0 Å². The Kier molecular flexibility index (Phi) is 6.05. The molecule has 0 fully saturated rings. The van der Waals surface area contributed by atoms with E-state index in [4.69, 9.17) is 4.42 Å². The molecule has 5 rings (SSSR count). The van der Waals surface area contributed by atoms with Gasteiger partial charge < -0.3 is 14.3 Å². The quantitative estimate of drug-likeness (QED) is 0.364. The Hall–Kier alpha value is -3.31. The van der Waals surface area contributed by atoms with Crippen molar-refractivity contribution in [2.24, 2.45) is 0 Å². The number of aromatic amines is 1. The molecule has 2 atom stereocenters. The van der Waals surface area contributed by atoms with Crippen molar-refractivity contribution >= 4 is 16.8 Å². The minimum atomic E-state index is -0.107. The monoisotopic (exact) mass is 455 g/mol. The number of fused-ring (bicyclic) bond motifs is 3. The topological polar surface area (TPSA) is 52.5 Å². The molecule has 1 amide bonds. The van der Waals surface area contributed by atoms with Crippen molar-refractivity contribution in [2.75, 3.05) is 20.6 Å². The van der Waals surface area contributed by atoms with Gasteiger partial charge in [0.2, 0.25) is 0 Å². The highest BCUT2D eigenvalue weighted by molar-refractivity contribution is 5.93. The highest BCUT2D eigenvalue weighted by Crippen LogP contribution is 2.42. The number of nitrogens with zero attached hydrogens (tertiary/aromatic N) is 2. The Morgan fingerprint density at radius 2 is 1.85 bits per heavy atom. The summed E-state index contributed by atoms with van der Waals surface area (Å²) in [6.45, 7) is 2.94. The summed E-state index contributed by atoms with van der Waals surface area (Å²) < 4.78 is 5.51. The Bertz CT molecular complexity index is 1260. The molecule has 176 valence electrons. The largest absolute Gasteiger partial charge is 0.459 e. The van der Waals surface area contributed by atoms with Crippen molar-refractivity contribution in [1.82, 2.24) is 14.8 Å². The lowest BCUT2D eigenvalue weighted by Crippen LogP contribution is -2.44. The fourth-order valence-electron chi connectivity index (χ4n) is 5.85. The predicted octanol–water partition coefficient (Wildman–Crippen LogP) is 6.15. The van der Waals surface area contributed by atoms with Gasteiger partial charge in [-0.3, -0.25) is 9.69 Å². The molecule has 2 aromatic carbocycles. The lowest BCUT2D eigenvalue weighted by atomic mass is 9.79. The summed E-state index contributed by atoms with van der Waals surface area (Å²) in [5.74, 6) is 0.368. The van der Waals surface area contributed by atoms with Crippen molar-refractivity contribution in [3.8, 4) is 0 Å². The van der Waals surface area contributed by atoms with Crippen LogP contribution in [0.1, 0.15) is 59.6 Å². The molecule has 0 bridgehead atoms. The molecule has 0 aliphatic carbocycles. The molecule has 4 aromatic rings. The van der Waals surface area contributed by atoms with Crippen LogP contribution in [0.25, 0.3) is 10.9 Å². The number of carbonyl (C=O) groups is 1. The molecule has 0 saturated carbocycles. The molecule has 0 radical (unpaired) electrons. The van der Waals surface area contributed by atoms with Crippen LogP contribution in [0.15, 0.2) is 77.4 Å². The van der Waals surface area contributed by atoms with Crippen LogP contribution in [0.5, 0.6) is 0 Å². The molecule has 2 aromatic heterocycles. The van der Waals surface area contributed by atoms with Gasteiger partial charge in [0.1, 0.15) is 0 Å². The van der Waals surface area contributed by atoms with Crippen LogP contribution in [0, 0.1) is 0 Å². The van der Waals surface area contributed by atoms with Crippen LogP contribution in [0.2, 0.25) is 0 Å². The zero-order valence-corrected chi connectivity index (χ0v) is 20.3. The van der Waals surface area contributed by atoms with Crippen LogP contribution >= 0.6 is 0 Å². The summed E-state index contributed by atoms with van der Waals surface area (Å²) in [4.78, 5) is 21.5. The third-order valence-corrected chi connectivity index (χ3v) is 7.74. The maximum Gasteiger partial charge on any atom is 0.290 e. The van der Waals surface area contributed by atoms with Crippen molar-refractivity contribution in [3.63, 3.8) is 0 Å². The number of nitrogens with one attached hydrogen (secondary N) is 1. The van der Waals surface area contributed by atoms with Crippen LogP contribution in [0.4, 0.5) is 0 Å². The number of hydrogen-bond donors (Lipinski definition) is 1. The Morgan fingerprint density at radius 1 is 1.09 bits per heavy atom. The molecule has 1 aliphatic heterocycles. The van der Waals surface area contributed by atoms with E-state index in [1.54, 1.807) is 18.4 Å². The summed E-state index contributed by atoms with van der Waals surface area (Å²) in [5.41, 5.74) is 4.87. The van der Waals surface area contributed by atoms with Gasteiger partial charge in [-0.15, -0.1) is 0 Å². The van der Waals surface area contributed by atoms with Crippen molar-refractivity contribution < 1.29 is 9.21 Å². The first kappa shape index (κ1) is 22.5. The average Bonchev–Trinajstić information content (AvgIpc) is 3.53. The van der Waals surface area contributed by atoms with Gasteiger partial charge in [0, 0.05) is 28.7 Å². The second-order valence-electron chi connectivity index (χ2n) is 9.49. The van der Waals surface area contributed by atoms with E-state index in [1.165, 1.54) is 22.2 Å². The van der Waals surface area contributed by atoms with Gasteiger partial charge in [-0.1, -0.05) is 55.5 Å². The molecular weight excluding hydrogens is 422 g/mol. The molecule has 2 unspecified atom stereocenters. The number of amides is 1. The first-order valence-corrected chi connectivity index (χ1v) is 12.2. The molecule has 5 nitrogen and oxygen atoms in total. The minimum Gasteiger partial charge on any atom is -0.459 e. The number of H-pyrrole nitrogens is 1. The van der Waals surface area contributed by atoms with E-state index in [0.29, 0.717) is 12.3 Å². The molecule has 0 spiro atoms. The van der Waals surface area contributed by atoms with Crippen LogP contribution in [-0.4, -0.2) is 41.3 Å². The number of hydrogen-bond acceptors (Lipinski definition) is 3. The summed E-state index contributed by atoms with van der Waals surface area (Å²) in [5, 5.41) is 1.27. The highest BCUT2D eigenvalue weighted by atomic mass is 16.3. The lowest BCUT2D eigenvalue weighted by Gasteiger charge is -2.43. The van der Waals surface area contributed by atoms with Crippen LogP contribution in [0.3, 0.4) is 0 Å². The summed E-state index contributed by atoms with van der Waals surface area (Å²) in [6.07, 6.45) is 5.19. The van der Waals surface area contributed by atoms with Gasteiger partial charge >= 0.3 is 0 Å². The van der Waals surface area contributed by atoms with Gasteiger partial charge in [-0.2, -0.15) is 0 Å². The smallest absolute Gasteiger partial charge is 0.290 e. The van der Waals surface area contributed by atoms with E-state index < -0.39 is 0 Å². The van der Waals surface area contributed by atoms with E-state index in [9.17, 15) is 4.79 Å². The number of aromatic nitrogens is 1. The van der Waals surface area contributed by atoms with Crippen molar-refractivity contribution in [2.45, 2.75) is 44.2 Å². The first-order valence-electron chi connectivity index (χ1n) is 12.2. The normalized spacial score (nSPS) is 17.6. The van der Waals surface area contributed by atoms with Gasteiger partial charge in [0.05, 0.1) is 12.3 Å². The van der Waals surface area contributed by atoms with Gasteiger partial charge in [-0.25, -0.2) is 0 Å². The molecule has 1 N–H and O–H groups in total. The maximum absolute atomic E-state index is 13.5. The average molecular weight is 456 g/mol. The molecule has 0 saturated heterocycles. The Morgan fingerprint density at radius 3 is 2.56 bits per heavy atom. The molecule has 3 heterocycles. The molecule has 34 heavy (non-hydrogen) atoms. The maximum atomic E-state index is 13.5. The highest BCUT2D eigenvalue weighted by Gasteiger charge is 2.38. The number of furan rings is 1. The fraction of sp³-hybridized carbons (Fsp3) is 0.345. The summed E-state index contributed by atoms with van der Waals surface area (Å²) in [7, 11) is 4.33. The number of para-hydroxylation sites is 1. The third-order valence-electron chi connectivity index (χ3n) is 7.74. The van der Waals surface area contributed by atoms with E-state index in [2.05, 4.69) is 85.5 Å². The van der Waals surface area contributed by atoms with Gasteiger partial charge in [0.15, 0.2) is 5.76 Å². The fourth-order valence-corrected chi connectivity index (χ4v) is 5.85. The molecule has 5 heteroatoms. The van der Waals surface area contributed by atoms with Crippen LogP contribution in [-0.2, 0) is 12.0 Å². The lowest BCUT2D eigenvalue weighted by molar-refractivity contribution is 0.0562. The second kappa shape index (κ2) is 9.15. The zero-order valence-electron chi connectivity index (χ0n) is 20.3. The Labute approximate surface area is 201 Å². The van der Waals surface area contributed by atoms with E-state index in [0.717, 1.165) is 31.2 Å². The number of benzene rings is 2. The first-order chi connectivity index (χ1) is 16.5.